The van der Waals surface area contributed by atoms with Crippen LogP contribution in [0.25, 0.3) is 0 Å². The summed E-state index contributed by atoms with van der Waals surface area (Å²) in [4.78, 5) is 27.1. The maximum absolute atomic E-state index is 12.7. The highest BCUT2D eigenvalue weighted by atomic mass is 32.2. The third kappa shape index (κ3) is 4.66. The van der Waals surface area contributed by atoms with Gasteiger partial charge in [-0.25, -0.2) is 8.42 Å². The van der Waals surface area contributed by atoms with Crippen LogP contribution < -0.4 is 5.32 Å². The quantitative estimate of drug-likeness (QED) is 0.825. The Morgan fingerprint density at radius 3 is 2.56 bits per heavy atom. The summed E-state index contributed by atoms with van der Waals surface area (Å²) in [5.41, 5.74) is 0.522. The molecule has 0 saturated carbocycles. The summed E-state index contributed by atoms with van der Waals surface area (Å²) in [6.45, 7) is 7.44. The molecule has 0 unspecified atom stereocenters. The summed E-state index contributed by atoms with van der Waals surface area (Å²) in [6.07, 6.45) is 1.08. The average molecular weight is 411 g/mol. The molecule has 3 atom stereocenters. The van der Waals surface area contributed by atoms with Gasteiger partial charge in [0.25, 0.3) is 0 Å². The Morgan fingerprint density at radius 2 is 1.89 bits per heavy atom. The Hall–Kier alpha value is -1.54. The van der Waals surface area contributed by atoms with E-state index in [4.69, 9.17) is 0 Å². The van der Waals surface area contributed by atoms with Crippen molar-refractivity contribution in [2.45, 2.75) is 48.7 Å². The van der Waals surface area contributed by atoms with E-state index in [1.165, 1.54) is 17.8 Å². The molecule has 2 amide bonds. The lowest BCUT2D eigenvalue weighted by Gasteiger charge is -2.35. The van der Waals surface area contributed by atoms with Gasteiger partial charge in [0.2, 0.25) is 11.8 Å². The minimum atomic E-state index is -3.59. The maximum atomic E-state index is 12.7. The summed E-state index contributed by atoms with van der Waals surface area (Å²) >= 11 is 1.41. The number of carbonyl (C=O) groups is 2. The predicted octanol–water partition coefficient (Wildman–Crippen LogP) is 2.79. The van der Waals surface area contributed by atoms with Crippen LogP contribution in [0.1, 0.15) is 33.6 Å². The van der Waals surface area contributed by atoms with Gasteiger partial charge in [-0.05, 0) is 43.4 Å². The van der Waals surface area contributed by atoms with Crippen LogP contribution in [0.5, 0.6) is 0 Å². The van der Waals surface area contributed by atoms with Gasteiger partial charge in [0.1, 0.15) is 0 Å². The molecule has 148 valence electrons. The van der Waals surface area contributed by atoms with Crippen LogP contribution >= 0.6 is 11.8 Å². The van der Waals surface area contributed by atoms with Gasteiger partial charge < -0.3 is 10.2 Å². The molecule has 1 N–H and O–H groups in total. The van der Waals surface area contributed by atoms with Crippen molar-refractivity contribution >= 4 is 39.1 Å². The molecular formula is C19H26N2O4S2. The Kier molecular flexibility index (Phi) is 5.86. The van der Waals surface area contributed by atoms with Crippen molar-refractivity contribution < 1.29 is 18.0 Å². The number of sulfone groups is 1. The van der Waals surface area contributed by atoms with Crippen molar-refractivity contribution in [2.75, 3.05) is 24.2 Å². The van der Waals surface area contributed by atoms with Gasteiger partial charge in [-0.3, -0.25) is 9.59 Å². The highest BCUT2D eigenvalue weighted by Gasteiger charge is 2.28. The summed E-state index contributed by atoms with van der Waals surface area (Å²) in [6, 6.07) is 4.77. The number of hydrogen-bond acceptors (Lipinski definition) is 5. The number of anilines is 1. The molecule has 0 radical (unpaired) electrons. The average Bonchev–Trinajstić information content (AvgIpc) is 2.59. The van der Waals surface area contributed by atoms with E-state index in [1.807, 2.05) is 6.92 Å². The number of rotatable bonds is 4. The lowest BCUT2D eigenvalue weighted by atomic mass is 9.92. The fraction of sp³-hybridized carbons (Fsp3) is 0.579. The number of thioether (sulfide) groups is 1. The van der Waals surface area contributed by atoms with Crippen molar-refractivity contribution in [1.82, 2.24) is 4.90 Å². The molecule has 1 saturated heterocycles. The zero-order valence-corrected chi connectivity index (χ0v) is 17.5. The molecule has 6 nitrogen and oxygen atoms in total. The van der Waals surface area contributed by atoms with Crippen LogP contribution in [-0.4, -0.2) is 49.2 Å². The van der Waals surface area contributed by atoms with Gasteiger partial charge >= 0.3 is 0 Å². The van der Waals surface area contributed by atoms with E-state index in [0.717, 1.165) is 11.3 Å². The lowest BCUT2D eigenvalue weighted by molar-refractivity contribution is -0.133. The van der Waals surface area contributed by atoms with E-state index in [-0.39, 0.29) is 34.1 Å². The molecule has 1 fully saturated rings. The van der Waals surface area contributed by atoms with Crippen molar-refractivity contribution in [3.8, 4) is 0 Å². The number of fused-ring (bicyclic) bond motifs is 1. The largest absolute Gasteiger partial charge is 0.342 e. The van der Waals surface area contributed by atoms with E-state index in [1.54, 1.807) is 17.0 Å². The van der Waals surface area contributed by atoms with Crippen LogP contribution in [0, 0.1) is 11.8 Å². The molecule has 2 aliphatic heterocycles. The molecule has 0 spiro atoms. The second-order valence-corrected chi connectivity index (χ2v) is 11.2. The Balaban J connectivity index is 1.67. The van der Waals surface area contributed by atoms with E-state index >= 15 is 0 Å². The topological polar surface area (TPSA) is 83.6 Å². The molecule has 2 aliphatic rings. The summed E-state index contributed by atoms with van der Waals surface area (Å²) < 4.78 is 25.4. The first-order valence-electron chi connectivity index (χ1n) is 9.28. The fourth-order valence-electron chi connectivity index (χ4n) is 3.75. The highest BCUT2D eigenvalue weighted by Crippen LogP contribution is 2.37. The number of nitrogens with zero attached hydrogens (tertiary/aromatic N) is 1. The van der Waals surface area contributed by atoms with E-state index < -0.39 is 9.84 Å². The third-order valence-electron chi connectivity index (χ3n) is 5.05. The van der Waals surface area contributed by atoms with Crippen LogP contribution in [0.15, 0.2) is 28.0 Å². The van der Waals surface area contributed by atoms with Crippen LogP contribution in [0.3, 0.4) is 0 Å². The Bertz CT molecular complexity index is 843. The van der Waals surface area contributed by atoms with Gasteiger partial charge in [0, 0.05) is 24.4 Å². The van der Waals surface area contributed by atoms with Crippen LogP contribution in [-0.2, 0) is 19.4 Å². The maximum Gasteiger partial charge on any atom is 0.237 e. The number of nitrogens with one attached hydrogen (secondary N) is 1. The second-order valence-electron chi connectivity index (χ2n) is 7.72. The predicted molar refractivity (Wildman–Crippen MR) is 107 cm³/mol. The number of carbonyl (C=O) groups excluding carboxylic acids is 2. The molecule has 3 rings (SSSR count). The van der Waals surface area contributed by atoms with Crippen molar-refractivity contribution in [3.05, 3.63) is 18.2 Å². The first kappa shape index (κ1) is 20.2. The Labute approximate surface area is 165 Å². The highest BCUT2D eigenvalue weighted by molar-refractivity contribution is 8.01. The number of benzene rings is 1. The molecule has 1 aromatic rings. The molecular weight excluding hydrogens is 384 g/mol. The number of likely N-dealkylation sites (tertiary alicyclic amines) is 1. The number of piperidine rings is 1. The van der Waals surface area contributed by atoms with Gasteiger partial charge in [-0.1, -0.05) is 13.8 Å². The minimum Gasteiger partial charge on any atom is -0.342 e. The molecule has 0 bridgehead atoms. The zero-order chi connectivity index (χ0) is 19.8. The standard InChI is InChI=1S/C19H26N2O4S2/c1-12-8-13(2)11-21(10-12)18(22)6-7-27(24,25)15-4-5-17-16(9-15)20-19(23)14(3)26-17/h4-5,9,12-14H,6-8,10-11H2,1-3H3,(H,20,23)/t12-,13+,14-/m0/s1. The van der Waals surface area contributed by atoms with Crippen molar-refractivity contribution in [2.24, 2.45) is 11.8 Å². The third-order valence-corrected chi connectivity index (χ3v) is 7.94. The normalized spacial score (nSPS) is 25.7. The molecule has 8 heteroatoms. The van der Waals surface area contributed by atoms with Gasteiger partial charge in [-0.15, -0.1) is 11.8 Å². The summed E-state index contributed by atoms with van der Waals surface area (Å²) in [5.74, 6) is 0.427. The van der Waals surface area contributed by atoms with Crippen molar-refractivity contribution in [3.63, 3.8) is 0 Å². The summed E-state index contributed by atoms with van der Waals surface area (Å²) in [5, 5.41) is 2.55. The van der Waals surface area contributed by atoms with E-state index in [9.17, 15) is 18.0 Å². The van der Waals surface area contributed by atoms with E-state index in [2.05, 4.69) is 19.2 Å². The van der Waals surface area contributed by atoms with Gasteiger partial charge in [0.15, 0.2) is 9.84 Å². The Morgan fingerprint density at radius 1 is 1.22 bits per heavy atom. The number of amides is 2. The SMILES string of the molecule is C[C@@H]1C[C@H](C)CN(C(=O)CCS(=O)(=O)c2ccc3c(c2)NC(=O)[C@H](C)S3)C1. The molecule has 27 heavy (non-hydrogen) atoms. The fourth-order valence-corrected chi connectivity index (χ4v) is 5.93. The first-order chi connectivity index (χ1) is 12.7. The monoisotopic (exact) mass is 410 g/mol. The molecule has 0 aliphatic carbocycles. The molecule has 1 aromatic carbocycles. The minimum absolute atomic E-state index is 0.0169. The van der Waals surface area contributed by atoms with Crippen molar-refractivity contribution in [1.29, 1.82) is 0 Å². The van der Waals surface area contributed by atoms with Gasteiger partial charge in [0.05, 0.1) is 21.6 Å². The molecule has 0 aromatic heterocycles. The lowest BCUT2D eigenvalue weighted by Crippen LogP contribution is -2.43. The van der Waals surface area contributed by atoms with Gasteiger partial charge in [-0.2, -0.15) is 0 Å². The van der Waals surface area contributed by atoms with Crippen LogP contribution in [0.2, 0.25) is 0 Å². The first-order valence-corrected chi connectivity index (χ1v) is 11.8. The zero-order valence-electron chi connectivity index (χ0n) is 15.9. The van der Waals surface area contributed by atoms with Crippen LogP contribution in [0.4, 0.5) is 5.69 Å². The smallest absolute Gasteiger partial charge is 0.237 e. The summed E-state index contributed by atoms with van der Waals surface area (Å²) in [7, 11) is -3.59. The number of hydrogen-bond donors (Lipinski definition) is 1. The van der Waals surface area contributed by atoms with E-state index in [0.29, 0.717) is 30.6 Å². The second kappa shape index (κ2) is 7.83. The molecule has 2 heterocycles.